The molecule has 2 aliphatic heterocycles. The van der Waals surface area contributed by atoms with Crippen molar-refractivity contribution in [2.24, 2.45) is 4.99 Å². The number of aliphatic imine (C=N–C) groups is 1. The zero-order valence-corrected chi connectivity index (χ0v) is 18.1. The number of halogens is 1. The molecule has 0 radical (unpaired) electrons. The van der Waals surface area contributed by atoms with Crippen molar-refractivity contribution >= 4 is 29.1 Å². The van der Waals surface area contributed by atoms with Gasteiger partial charge in [0, 0.05) is 26.2 Å². The number of nitrogens with one attached hydrogen (secondary N) is 2. The third kappa shape index (κ3) is 4.66. The van der Waals surface area contributed by atoms with Crippen LogP contribution in [0, 0.1) is 12.7 Å². The van der Waals surface area contributed by atoms with Crippen LogP contribution in [0.15, 0.2) is 47.5 Å². The molecule has 0 aromatic heterocycles. The summed E-state index contributed by atoms with van der Waals surface area (Å²) < 4.78 is 19.4. The summed E-state index contributed by atoms with van der Waals surface area (Å²) >= 11 is 0. The van der Waals surface area contributed by atoms with Crippen LogP contribution in [0.3, 0.4) is 0 Å². The lowest BCUT2D eigenvalue weighted by Gasteiger charge is -2.38. The first-order valence-corrected chi connectivity index (χ1v) is 10.5. The number of anilines is 2. The Kier molecular flexibility index (Phi) is 6.25. The third-order valence-electron chi connectivity index (χ3n) is 5.60. The molecule has 1 fully saturated rings. The molecule has 2 heterocycles. The van der Waals surface area contributed by atoms with Crippen LogP contribution in [-0.2, 0) is 9.59 Å². The van der Waals surface area contributed by atoms with Crippen LogP contribution in [0.1, 0.15) is 12.0 Å². The minimum Gasteiger partial charge on any atom is -0.495 e. The Hall–Kier alpha value is -3.62. The van der Waals surface area contributed by atoms with E-state index in [1.54, 1.807) is 18.2 Å². The second-order valence-electron chi connectivity index (χ2n) is 7.84. The van der Waals surface area contributed by atoms with Gasteiger partial charge in [-0.1, -0.05) is 18.2 Å². The fourth-order valence-corrected chi connectivity index (χ4v) is 3.89. The second kappa shape index (κ2) is 9.25. The van der Waals surface area contributed by atoms with Gasteiger partial charge in [-0.3, -0.25) is 14.9 Å². The highest BCUT2D eigenvalue weighted by Gasteiger charge is 2.31. The van der Waals surface area contributed by atoms with E-state index in [0.717, 1.165) is 5.56 Å². The third-order valence-corrected chi connectivity index (χ3v) is 5.60. The molecule has 2 amide bonds. The van der Waals surface area contributed by atoms with E-state index in [-0.39, 0.29) is 24.1 Å². The van der Waals surface area contributed by atoms with Crippen LogP contribution in [0.25, 0.3) is 0 Å². The number of para-hydroxylation sites is 1. The van der Waals surface area contributed by atoms with Crippen molar-refractivity contribution in [3.63, 3.8) is 0 Å². The van der Waals surface area contributed by atoms with Crippen LogP contribution in [-0.4, -0.2) is 62.0 Å². The Morgan fingerprint density at radius 1 is 1.16 bits per heavy atom. The lowest BCUT2D eigenvalue weighted by molar-refractivity contribution is -0.125. The fourth-order valence-electron chi connectivity index (χ4n) is 3.89. The number of benzene rings is 2. The predicted octanol–water partition coefficient (Wildman–Crippen LogP) is 2.15. The minimum absolute atomic E-state index is 0.0291. The smallest absolute Gasteiger partial charge is 0.249 e. The predicted molar refractivity (Wildman–Crippen MR) is 121 cm³/mol. The van der Waals surface area contributed by atoms with Crippen LogP contribution in [0.4, 0.5) is 15.8 Å². The highest BCUT2D eigenvalue weighted by atomic mass is 19.1. The number of carbonyl (C=O) groups is 2. The Bertz CT molecular complexity index is 1050. The van der Waals surface area contributed by atoms with E-state index in [2.05, 4.69) is 15.6 Å². The molecule has 0 aliphatic carbocycles. The maximum Gasteiger partial charge on any atom is 0.249 e. The number of nitrogens with zero attached hydrogens (tertiary/aromatic N) is 3. The molecular weight excluding hydrogens is 413 g/mol. The molecule has 2 N–H and O–H groups in total. The van der Waals surface area contributed by atoms with Gasteiger partial charge < -0.3 is 19.9 Å². The van der Waals surface area contributed by atoms with Gasteiger partial charge in [0.1, 0.15) is 17.6 Å². The highest BCUT2D eigenvalue weighted by molar-refractivity contribution is 6.06. The molecule has 32 heavy (non-hydrogen) atoms. The van der Waals surface area contributed by atoms with Crippen molar-refractivity contribution < 1.29 is 18.7 Å². The summed E-state index contributed by atoms with van der Waals surface area (Å²) in [6.45, 7) is 4.17. The summed E-state index contributed by atoms with van der Waals surface area (Å²) in [5, 5.41) is 5.60. The summed E-state index contributed by atoms with van der Waals surface area (Å²) in [5.41, 5.74) is 2.07. The Morgan fingerprint density at radius 3 is 2.59 bits per heavy atom. The highest BCUT2D eigenvalue weighted by Crippen LogP contribution is 2.26. The van der Waals surface area contributed by atoms with Gasteiger partial charge in [-0.05, 0) is 36.8 Å². The van der Waals surface area contributed by atoms with Gasteiger partial charge in [0.05, 0.1) is 24.9 Å². The molecule has 9 heteroatoms. The van der Waals surface area contributed by atoms with Gasteiger partial charge in [0.25, 0.3) is 0 Å². The molecule has 4 rings (SSSR count). The monoisotopic (exact) mass is 439 g/mol. The number of ether oxygens (including phenoxy) is 1. The first-order chi connectivity index (χ1) is 15.4. The summed E-state index contributed by atoms with van der Waals surface area (Å²) in [4.78, 5) is 33.6. The van der Waals surface area contributed by atoms with Crippen LogP contribution >= 0.6 is 0 Å². The van der Waals surface area contributed by atoms with Gasteiger partial charge in [-0.2, -0.15) is 0 Å². The van der Waals surface area contributed by atoms with Crippen molar-refractivity contribution in [3.8, 4) is 5.75 Å². The molecule has 168 valence electrons. The van der Waals surface area contributed by atoms with E-state index in [0.29, 0.717) is 49.3 Å². The number of aryl methyl sites for hydroxylation is 1. The van der Waals surface area contributed by atoms with E-state index >= 15 is 0 Å². The van der Waals surface area contributed by atoms with E-state index in [1.807, 2.05) is 34.9 Å². The molecule has 0 spiro atoms. The summed E-state index contributed by atoms with van der Waals surface area (Å²) in [6.07, 6.45) is -0.0291. The number of rotatable bonds is 4. The van der Waals surface area contributed by atoms with Gasteiger partial charge >= 0.3 is 0 Å². The number of carbonyl (C=O) groups excluding carboxylic acids is 2. The molecule has 0 saturated carbocycles. The van der Waals surface area contributed by atoms with Gasteiger partial charge in [-0.25, -0.2) is 9.38 Å². The van der Waals surface area contributed by atoms with E-state index < -0.39 is 6.04 Å². The molecular formula is C23H26FN5O3. The molecule has 2 aliphatic rings. The number of piperazine rings is 1. The summed E-state index contributed by atoms with van der Waals surface area (Å²) in [5.74, 6) is 0.0326. The Labute approximate surface area is 186 Å². The number of methoxy groups -OCH3 is 1. The van der Waals surface area contributed by atoms with Gasteiger partial charge in [0.2, 0.25) is 17.8 Å². The molecule has 8 nitrogen and oxygen atoms in total. The normalized spacial score (nSPS) is 18.7. The summed E-state index contributed by atoms with van der Waals surface area (Å²) in [6, 6.07) is 11.3. The second-order valence-corrected chi connectivity index (χ2v) is 7.84. The van der Waals surface area contributed by atoms with Crippen molar-refractivity contribution in [2.45, 2.75) is 19.4 Å². The molecule has 2 aromatic rings. The number of guanidine groups is 1. The Balaban J connectivity index is 1.44. The molecule has 0 unspecified atom stereocenters. The quantitative estimate of drug-likeness (QED) is 0.763. The van der Waals surface area contributed by atoms with Crippen LogP contribution in [0.2, 0.25) is 0 Å². The maximum atomic E-state index is 14.1. The van der Waals surface area contributed by atoms with Gasteiger partial charge in [0.15, 0.2) is 0 Å². The zero-order valence-electron chi connectivity index (χ0n) is 18.1. The van der Waals surface area contributed by atoms with Gasteiger partial charge in [-0.15, -0.1) is 0 Å². The fraction of sp³-hybridized carbons (Fsp3) is 0.348. The van der Waals surface area contributed by atoms with E-state index in [9.17, 15) is 14.0 Å². The molecule has 0 bridgehead atoms. The van der Waals surface area contributed by atoms with E-state index in [4.69, 9.17) is 4.74 Å². The molecule has 1 atom stereocenters. The van der Waals surface area contributed by atoms with Crippen molar-refractivity contribution in [2.75, 3.05) is 43.5 Å². The zero-order chi connectivity index (χ0) is 22.7. The van der Waals surface area contributed by atoms with Crippen molar-refractivity contribution in [3.05, 3.63) is 53.8 Å². The average Bonchev–Trinajstić information content (AvgIpc) is 2.79. The largest absolute Gasteiger partial charge is 0.495 e. The topological polar surface area (TPSA) is 86.3 Å². The standard InChI is InChI=1S/C23H26FN5O3/c1-15-7-8-20(32-2)17(13-15)25-22(31)18-14-21(30)27-23(26-18)29-11-9-28(10-12-29)19-6-4-3-5-16(19)24/h3-8,13,18H,9-12,14H2,1-2H3,(H,25,31)(H,26,27,30)/t18-/m0/s1. The van der Waals surface area contributed by atoms with Crippen molar-refractivity contribution in [1.82, 2.24) is 10.2 Å². The SMILES string of the molecule is COc1ccc(C)cc1NC(=O)[C@@H]1CC(=O)NC(N2CCN(c3ccccc3F)CC2)=N1. The Morgan fingerprint density at radius 2 is 1.88 bits per heavy atom. The number of hydrogen-bond donors (Lipinski definition) is 2. The number of hydrogen-bond acceptors (Lipinski definition) is 6. The van der Waals surface area contributed by atoms with Crippen LogP contribution < -0.4 is 20.3 Å². The number of amides is 2. The minimum atomic E-state index is -0.839. The average molecular weight is 439 g/mol. The molecule has 1 saturated heterocycles. The maximum absolute atomic E-state index is 14.1. The van der Waals surface area contributed by atoms with Crippen LogP contribution in [0.5, 0.6) is 5.75 Å². The lowest BCUT2D eigenvalue weighted by Crippen LogP contribution is -2.56. The molecule has 2 aromatic carbocycles. The van der Waals surface area contributed by atoms with E-state index in [1.165, 1.54) is 13.2 Å². The van der Waals surface area contributed by atoms with Crippen molar-refractivity contribution in [1.29, 1.82) is 0 Å². The first-order valence-electron chi connectivity index (χ1n) is 10.5. The first kappa shape index (κ1) is 21.6. The summed E-state index contributed by atoms with van der Waals surface area (Å²) in [7, 11) is 1.53. The lowest BCUT2D eigenvalue weighted by atomic mass is 10.1.